The molecule has 1 aliphatic rings. The Labute approximate surface area is 107 Å². The largest absolute Gasteiger partial charge is 0.481 e. The SMILES string of the molecule is CCC(C)NC(=O)CSCC1(CC(=O)O)CC1. The van der Waals surface area contributed by atoms with E-state index in [1.807, 2.05) is 13.8 Å². The fourth-order valence-corrected chi connectivity index (χ4v) is 2.84. The molecule has 1 rings (SSSR count). The van der Waals surface area contributed by atoms with Crippen LogP contribution in [-0.4, -0.2) is 34.5 Å². The molecular weight excluding hydrogens is 238 g/mol. The van der Waals surface area contributed by atoms with Crippen molar-refractivity contribution in [2.75, 3.05) is 11.5 Å². The Kier molecular flexibility index (Phi) is 5.31. The smallest absolute Gasteiger partial charge is 0.303 e. The van der Waals surface area contributed by atoms with Crippen molar-refractivity contribution in [2.45, 2.75) is 45.6 Å². The number of carboxylic acids is 1. The number of carboxylic acid groups (broad SMARTS) is 1. The summed E-state index contributed by atoms with van der Waals surface area (Å²) in [5.74, 6) is 0.543. The van der Waals surface area contributed by atoms with E-state index in [-0.39, 0.29) is 23.8 Å². The van der Waals surface area contributed by atoms with Crippen molar-refractivity contribution < 1.29 is 14.7 Å². The van der Waals surface area contributed by atoms with E-state index in [0.29, 0.717) is 5.75 Å². The molecule has 2 N–H and O–H groups in total. The van der Waals surface area contributed by atoms with Crippen molar-refractivity contribution in [2.24, 2.45) is 5.41 Å². The second-order valence-electron chi connectivity index (χ2n) is 4.94. The average molecular weight is 259 g/mol. The van der Waals surface area contributed by atoms with Crippen LogP contribution in [0.4, 0.5) is 0 Å². The van der Waals surface area contributed by atoms with Gasteiger partial charge in [-0.05, 0) is 37.4 Å². The Balaban J connectivity index is 2.15. The highest BCUT2D eigenvalue weighted by Gasteiger charge is 2.44. The standard InChI is InChI=1S/C12H21NO3S/c1-3-9(2)13-10(14)7-17-8-12(4-5-12)6-11(15)16/h9H,3-8H2,1-2H3,(H,13,14)(H,15,16). The lowest BCUT2D eigenvalue weighted by molar-refractivity contribution is -0.138. The zero-order valence-electron chi connectivity index (χ0n) is 10.5. The highest BCUT2D eigenvalue weighted by molar-refractivity contribution is 7.99. The van der Waals surface area contributed by atoms with Gasteiger partial charge in [-0.2, -0.15) is 11.8 Å². The van der Waals surface area contributed by atoms with Gasteiger partial charge in [0.15, 0.2) is 0 Å². The molecule has 0 spiro atoms. The van der Waals surface area contributed by atoms with E-state index < -0.39 is 5.97 Å². The molecule has 0 aromatic rings. The van der Waals surface area contributed by atoms with E-state index in [1.54, 1.807) is 11.8 Å². The molecule has 0 aliphatic heterocycles. The molecule has 0 heterocycles. The molecule has 0 aromatic heterocycles. The van der Waals surface area contributed by atoms with Gasteiger partial charge in [0.05, 0.1) is 12.2 Å². The van der Waals surface area contributed by atoms with Crippen LogP contribution in [0.3, 0.4) is 0 Å². The van der Waals surface area contributed by atoms with Gasteiger partial charge < -0.3 is 10.4 Å². The first-order valence-corrected chi connectivity index (χ1v) is 7.22. The van der Waals surface area contributed by atoms with E-state index in [9.17, 15) is 9.59 Å². The van der Waals surface area contributed by atoms with E-state index in [4.69, 9.17) is 5.11 Å². The van der Waals surface area contributed by atoms with Crippen molar-refractivity contribution in [1.29, 1.82) is 0 Å². The van der Waals surface area contributed by atoms with E-state index in [1.165, 1.54) is 0 Å². The maximum Gasteiger partial charge on any atom is 0.303 e. The third kappa shape index (κ3) is 5.44. The Morgan fingerprint density at radius 3 is 2.59 bits per heavy atom. The summed E-state index contributed by atoms with van der Waals surface area (Å²) in [6, 6.07) is 0.219. The molecule has 17 heavy (non-hydrogen) atoms. The molecule has 5 heteroatoms. The van der Waals surface area contributed by atoms with Crippen LogP contribution in [-0.2, 0) is 9.59 Å². The third-order valence-corrected chi connectivity index (χ3v) is 4.43. The quantitative estimate of drug-likeness (QED) is 0.698. The van der Waals surface area contributed by atoms with Gasteiger partial charge in [-0.15, -0.1) is 0 Å². The third-order valence-electron chi connectivity index (χ3n) is 3.14. The van der Waals surface area contributed by atoms with Crippen LogP contribution in [0.2, 0.25) is 0 Å². The molecule has 0 radical (unpaired) electrons. The van der Waals surface area contributed by atoms with E-state index >= 15 is 0 Å². The number of aliphatic carboxylic acids is 1. The van der Waals surface area contributed by atoms with Crippen LogP contribution in [0.5, 0.6) is 0 Å². The number of thioether (sulfide) groups is 1. The minimum absolute atomic E-state index is 0.0207. The Bertz CT molecular complexity index is 289. The first kappa shape index (κ1) is 14.4. The minimum atomic E-state index is -0.729. The second kappa shape index (κ2) is 6.28. The lowest BCUT2D eigenvalue weighted by atomic mass is 10.1. The number of amides is 1. The summed E-state index contributed by atoms with van der Waals surface area (Å²) in [7, 11) is 0. The number of hydrogen-bond acceptors (Lipinski definition) is 3. The maximum atomic E-state index is 11.5. The van der Waals surface area contributed by atoms with Gasteiger partial charge in [0.1, 0.15) is 0 Å². The molecular formula is C12H21NO3S. The van der Waals surface area contributed by atoms with Gasteiger partial charge in [0, 0.05) is 6.04 Å². The van der Waals surface area contributed by atoms with E-state index in [0.717, 1.165) is 25.0 Å². The fraction of sp³-hybridized carbons (Fsp3) is 0.833. The van der Waals surface area contributed by atoms with Gasteiger partial charge in [-0.1, -0.05) is 6.92 Å². The summed E-state index contributed by atoms with van der Waals surface area (Å²) in [4.78, 5) is 22.1. The van der Waals surface area contributed by atoms with Gasteiger partial charge in [0.25, 0.3) is 0 Å². The van der Waals surface area contributed by atoms with Gasteiger partial charge in [0.2, 0.25) is 5.91 Å². The Hall–Kier alpha value is -0.710. The molecule has 1 amide bonds. The lowest BCUT2D eigenvalue weighted by Crippen LogP contribution is -2.33. The van der Waals surface area contributed by atoms with Crippen LogP contribution in [0.1, 0.15) is 39.5 Å². The van der Waals surface area contributed by atoms with Crippen molar-refractivity contribution in [3.8, 4) is 0 Å². The zero-order chi connectivity index (χ0) is 12.9. The summed E-state index contributed by atoms with van der Waals surface area (Å²) in [6.07, 6.45) is 3.14. The molecule has 1 aliphatic carbocycles. The molecule has 98 valence electrons. The summed E-state index contributed by atoms with van der Waals surface area (Å²) in [5, 5.41) is 11.7. The highest BCUT2D eigenvalue weighted by Crippen LogP contribution is 2.50. The average Bonchev–Trinajstić information content (AvgIpc) is 2.96. The normalized spacial score (nSPS) is 18.5. The summed E-state index contributed by atoms with van der Waals surface area (Å²) in [5.41, 5.74) is -0.0207. The lowest BCUT2D eigenvalue weighted by Gasteiger charge is -2.13. The number of carbonyl (C=O) groups excluding carboxylic acids is 1. The predicted octanol–water partition coefficient (Wildman–Crippen LogP) is 1.89. The molecule has 0 bridgehead atoms. The second-order valence-corrected chi connectivity index (χ2v) is 5.93. The van der Waals surface area contributed by atoms with Crippen molar-refractivity contribution in [3.63, 3.8) is 0 Å². The summed E-state index contributed by atoms with van der Waals surface area (Å²) >= 11 is 1.55. The monoisotopic (exact) mass is 259 g/mol. The maximum absolute atomic E-state index is 11.5. The minimum Gasteiger partial charge on any atom is -0.481 e. The summed E-state index contributed by atoms with van der Waals surface area (Å²) in [6.45, 7) is 4.01. The van der Waals surface area contributed by atoms with Gasteiger partial charge >= 0.3 is 5.97 Å². The van der Waals surface area contributed by atoms with Crippen LogP contribution in [0.25, 0.3) is 0 Å². The highest BCUT2D eigenvalue weighted by atomic mass is 32.2. The number of nitrogens with one attached hydrogen (secondary N) is 1. The molecule has 1 fully saturated rings. The first-order valence-electron chi connectivity index (χ1n) is 6.06. The topological polar surface area (TPSA) is 66.4 Å². The molecule has 0 saturated heterocycles. The number of carbonyl (C=O) groups is 2. The van der Waals surface area contributed by atoms with Gasteiger partial charge in [-0.25, -0.2) is 0 Å². The van der Waals surface area contributed by atoms with Crippen LogP contribution < -0.4 is 5.32 Å². The number of hydrogen-bond donors (Lipinski definition) is 2. The van der Waals surface area contributed by atoms with Crippen molar-refractivity contribution in [1.82, 2.24) is 5.32 Å². The van der Waals surface area contributed by atoms with Crippen molar-refractivity contribution in [3.05, 3.63) is 0 Å². The number of rotatable bonds is 8. The fourth-order valence-electron chi connectivity index (χ4n) is 1.65. The van der Waals surface area contributed by atoms with Gasteiger partial charge in [-0.3, -0.25) is 9.59 Å². The zero-order valence-corrected chi connectivity index (χ0v) is 11.3. The molecule has 0 aromatic carbocycles. The molecule has 1 atom stereocenters. The predicted molar refractivity (Wildman–Crippen MR) is 69.1 cm³/mol. The van der Waals surface area contributed by atoms with E-state index in [2.05, 4.69) is 5.32 Å². The Morgan fingerprint density at radius 2 is 2.12 bits per heavy atom. The van der Waals surface area contributed by atoms with Crippen LogP contribution >= 0.6 is 11.8 Å². The molecule has 1 saturated carbocycles. The molecule has 1 unspecified atom stereocenters. The van der Waals surface area contributed by atoms with Crippen molar-refractivity contribution >= 4 is 23.6 Å². The first-order chi connectivity index (χ1) is 7.97. The van der Waals surface area contributed by atoms with Crippen LogP contribution in [0, 0.1) is 5.41 Å². The summed E-state index contributed by atoms with van der Waals surface area (Å²) < 4.78 is 0. The van der Waals surface area contributed by atoms with Crippen LogP contribution in [0.15, 0.2) is 0 Å². The Morgan fingerprint density at radius 1 is 1.47 bits per heavy atom. The molecule has 4 nitrogen and oxygen atoms in total.